The summed E-state index contributed by atoms with van der Waals surface area (Å²) in [5.74, 6) is 1.87. The molecule has 152 valence electrons. The summed E-state index contributed by atoms with van der Waals surface area (Å²) in [6.45, 7) is 0.825. The molecule has 0 spiro atoms. The molecule has 0 saturated carbocycles. The van der Waals surface area contributed by atoms with Crippen LogP contribution in [-0.4, -0.2) is 30.3 Å². The van der Waals surface area contributed by atoms with Gasteiger partial charge in [0, 0.05) is 24.2 Å². The Labute approximate surface area is 174 Å². The first-order valence-corrected chi connectivity index (χ1v) is 11.2. The third kappa shape index (κ3) is 3.95. The highest BCUT2D eigenvalue weighted by atomic mass is 35.5. The molecule has 0 unspecified atom stereocenters. The maximum Gasteiger partial charge on any atom is 0.265 e. The van der Waals surface area contributed by atoms with E-state index in [0.29, 0.717) is 22.1 Å². The molecule has 4 rings (SSSR count). The van der Waals surface area contributed by atoms with Crippen molar-refractivity contribution in [3.8, 4) is 17.1 Å². The van der Waals surface area contributed by atoms with Crippen molar-refractivity contribution in [2.45, 2.75) is 37.1 Å². The maximum absolute atomic E-state index is 12.9. The van der Waals surface area contributed by atoms with Crippen LogP contribution in [0.5, 0.6) is 5.75 Å². The van der Waals surface area contributed by atoms with Gasteiger partial charge in [0.05, 0.1) is 12.1 Å². The number of ether oxygens (including phenoxy) is 1. The fourth-order valence-electron chi connectivity index (χ4n) is 3.50. The fraction of sp³-hybridized carbons (Fsp3) is 0.300. The average Bonchev–Trinajstić information content (AvgIpc) is 2.97. The molecule has 2 heterocycles. The largest absolute Gasteiger partial charge is 0.495 e. The average molecular weight is 433 g/mol. The summed E-state index contributed by atoms with van der Waals surface area (Å²) < 4.78 is 35.6. The lowest BCUT2D eigenvalue weighted by Crippen LogP contribution is -2.14. The first-order valence-electron chi connectivity index (χ1n) is 9.37. The molecule has 1 N–H and O–H groups in total. The number of hydrogen-bond acceptors (Lipinski definition) is 5. The van der Waals surface area contributed by atoms with Gasteiger partial charge in [-0.1, -0.05) is 30.2 Å². The minimum Gasteiger partial charge on any atom is -0.495 e. The molecule has 3 aromatic rings. The molecule has 0 atom stereocenters. The van der Waals surface area contributed by atoms with E-state index in [2.05, 4.69) is 19.5 Å². The van der Waals surface area contributed by atoms with Crippen LogP contribution in [0, 0.1) is 0 Å². The number of rotatable bonds is 5. The van der Waals surface area contributed by atoms with Crippen LogP contribution in [0.2, 0.25) is 5.02 Å². The molecule has 1 aliphatic heterocycles. The van der Waals surface area contributed by atoms with Crippen LogP contribution in [-0.2, 0) is 23.0 Å². The maximum atomic E-state index is 12.9. The fourth-order valence-corrected chi connectivity index (χ4v) is 4.92. The van der Waals surface area contributed by atoms with E-state index in [1.807, 2.05) is 0 Å². The Morgan fingerprint density at radius 1 is 1.10 bits per heavy atom. The van der Waals surface area contributed by atoms with Crippen LogP contribution in [0.1, 0.15) is 25.1 Å². The highest BCUT2D eigenvalue weighted by Gasteiger charge is 2.22. The summed E-state index contributed by atoms with van der Waals surface area (Å²) in [4.78, 5) is 0.0651. The quantitative estimate of drug-likeness (QED) is 0.654. The lowest BCUT2D eigenvalue weighted by molar-refractivity contribution is 0.403. The van der Waals surface area contributed by atoms with Crippen molar-refractivity contribution in [3.63, 3.8) is 0 Å². The van der Waals surface area contributed by atoms with Gasteiger partial charge in [-0.15, -0.1) is 10.2 Å². The second-order valence-corrected chi connectivity index (χ2v) is 8.91. The number of sulfonamides is 1. The van der Waals surface area contributed by atoms with Crippen LogP contribution in [0.3, 0.4) is 0 Å². The number of nitrogens with one attached hydrogen (secondary N) is 1. The summed E-state index contributed by atoms with van der Waals surface area (Å²) in [5.41, 5.74) is 1.04. The van der Waals surface area contributed by atoms with Crippen molar-refractivity contribution < 1.29 is 13.2 Å². The Morgan fingerprint density at radius 3 is 2.76 bits per heavy atom. The Morgan fingerprint density at radius 2 is 1.93 bits per heavy atom. The number of aryl methyl sites for hydroxylation is 1. The van der Waals surface area contributed by atoms with Gasteiger partial charge in [0.25, 0.3) is 10.0 Å². The topological polar surface area (TPSA) is 86.1 Å². The zero-order valence-electron chi connectivity index (χ0n) is 15.9. The number of para-hydroxylation sites is 1. The smallest absolute Gasteiger partial charge is 0.265 e. The van der Waals surface area contributed by atoms with Crippen LogP contribution >= 0.6 is 11.6 Å². The third-order valence-corrected chi connectivity index (χ3v) is 6.68. The van der Waals surface area contributed by atoms with Crippen LogP contribution < -0.4 is 9.46 Å². The molecule has 7 nitrogen and oxygen atoms in total. The highest BCUT2D eigenvalue weighted by molar-refractivity contribution is 7.92. The van der Waals surface area contributed by atoms with Crippen LogP contribution in [0.15, 0.2) is 47.4 Å². The van der Waals surface area contributed by atoms with E-state index in [4.69, 9.17) is 16.3 Å². The van der Waals surface area contributed by atoms with Crippen molar-refractivity contribution >= 4 is 27.3 Å². The number of nitrogens with zero attached hydrogens (tertiary/aromatic N) is 3. The summed E-state index contributed by atoms with van der Waals surface area (Å²) in [6, 6.07) is 11.4. The van der Waals surface area contributed by atoms with Gasteiger partial charge < -0.3 is 9.30 Å². The van der Waals surface area contributed by atoms with E-state index in [9.17, 15) is 8.42 Å². The molecule has 0 saturated heterocycles. The van der Waals surface area contributed by atoms with Gasteiger partial charge in [-0.3, -0.25) is 4.72 Å². The van der Waals surface area contributed by atoms with Crippen molar-refractivity contribution in [1.29, 1.82) is 0 Å². The predicted molar refractivity (Wildman–Crippen MR) is 112 cm³/mol. The Hall–Kier alpha value is -2.58. The summed E-state index contributed by atoms with van der Waals surface area (Å²) in [6.07, 6.45) is 4.17. The number of aromatic nitrogens is 3. The predicted octanol–water partition coefficient (Wildman–Crippen LogP) is 4.13. The number of benzene rings is 2. The van der Waals surface area contributed by atoms with Gasteiger partial charge in [0.1, 0.15) is 16.5 Å². The van der Waals surface area contributed by atoms with Crippen molar-refractivity contribution in [1.82, 2.24) is 14.8 Å². The summed E-state index contributed by atoms with van der Waals surface area (Å²) in [5, 5.41) is 9.12. The van der Waals surface area contributed by atoms with Gasteiger partial charge in [-0.05, 0) is 43.2 Å². The minimum absolute atomic E-state index is 0.0651. The Balaban J connectivity index is 1.70. The van der Waals surface area contributed by atoms with E-state index in [1.165, 1.54) is 13.2 Å². The number of methoxy groups -OCH3 is 1. The standard InChI is InChI=1S/C20H21ClN4O3S/c1-28-17-7-4-5-8-18(17)29(26,27)24-14-10-11-16(21)15(13-14)20-23-22-19-9-3-2-6-12-25(19)20/h4-5,7-8,10-11,13,24H,2-3,6,9,12H2,1H3. The number of fused-ring (bicyclic) bond motifs is 1. The zero-order valence-corrected chi connectivity index (χ0v) is 17.5. The molecule has 0 radical (unpaired) electrons. The molecular weight excluding hydrogens is 412 g/mol. The second-order valence-electron chi connectivity index (χ2n) is 6.85. The summed E-state index contributed by atoms with van der Waals surface area (Å²) in [7, 11) is -2.40. The molecular formula is C20H21ClN4O3S. The number of halogens is 1. The third-order valence-electron chi connectivity index (χ3n) is 4.93. The molecule has 1 aliphatic rings. The highest BCUT2D eigenvalue weighted by Crippen LogP contribution is 2.33. The number of anilines is 1. The van der Waals surface area contributed by atoms with E-state index in [1.54, 1.807) is 36.4 Å². The second kappa shape index (κ2) is 8.04. The van der Waals surface area contributed by atoms with Crippen molar-refractivity contribution in [2.75, 3.05) is 11.8 Å². The molecule has 0 fully saturated rings. The van der Waals surface area contributed by atoms with E-state index >= 15 is 0 Å². The molecule has 1 aromatic heterocycles. The molecule has 2 aromatic carbocycles. The minimum atomic E-state index is -3.84. The lowest BCUT2D eigenvalue weighted by atomic mass is 10.2. The molecule has 9 heteroatoms. The van der Waals surface area contributed by atoms with Gasteiger partial charge in [-0.2, -0.15) is 0 Å². The van der Waals surface area contributed by atoms with Gasteiger partial charge in [0.2, 0.25) is 0 Å². The Kier molecular flexibility index (Phi) is 5.47. The van der Waals surface area contributed by atoms with E-state index < -0.39 is 10.0 Å². The molecule has 0 amide bonds. The van der Waals surface area contributed by atoms with E-state index in [0.717, 1.165) is 38.1 Å². The molecule has 0 aliphatic carbocycles. The number of hydrogen-bond donors (Lipinski definition) is 1. The van der Waals surface area contributed by atoms with Crippen LogP contribution in [0.25, 0.3) is 11.4 Å². The SMILES string of the molecule is COc1ccccc1S(=O)(=O)Nc1ccc(Cl)c(-c2nnc3n2CCCCC3)c1. The first-order chi connectivity index (χ1) is 14.0. The van der Waals surface area contributed by atoms with Gasteiger partial charge >= 0.3 is 0 Å². The van der Waals surface area contributed by atoms with Crippen molar-refractivity contribution in [3.05, 3.63) is 53.3 Å². The first kappa shape index (κ1) is 19.7. The summed E-state index contributed by atoms with van der Waals surface area (Å²) >= 11 is 6.43. The molecule has 0 bridgehead atoms. The van der Waals surface area contributed by atoms with Gasteiger partial charge in [0.15, 0.2) is 5.82 Å². The Bertz CT molecular complexity index is 1140. The zero-order chi connectivity index (χ0) is 20.4. The molecule has 29 heavy (non-hydrogen) atoms. The monoisotopic (exact) mass is 432 g/mol. The normalized spacial score (nSPS) is 14.1. The van der Waals surface area contributed by atoms with Gasteiger partial charge in [-0.25, -0.2) is 8.42 Å². The van der Waals surface area contributed by atoms with Crippen molar-refractivity contribution in [2.24, 2.45) is 0 Å². The van der Waals surface area contributed by atoms with Crippen LogP contribution in [0.4, 0.5) is 5.69 Å². The lowest BCUT2D eigenvalue weighted by Gasteiger charge is -2.13. The van der Waals surface area contributed by atoms with E-state index in [-0.39, 0.29) is 10.6 Å².